The first-order valence-electron chi connectivity index (χ1n) is 6.56. The van der Waals surface area contributed by atoms with Crippen molar-refractivity contribution in [2.75, 3.05) is 26.5 Å². The summed E-state index contributed by atoms with van der Waals surface area (Å²) in [5.74, 6) is 0.543. The van der Waals surface area contributed by atoms with Crippen molar-refractivity contribution < 1.29 is 14.6 Å². The van der Waals surface area contributed by atoms with Crippen molar-refractivity contribution in [2.24, 2.45) is 11.7 Å². The highest BCUT2D eigenvalue weighted by atomic mass is 16.5. The van der Waals surface area contributed by atoms with E-state index in [1.165, 1.54) is 13.0 Å². The van der Waals surface area contributed by atoms with Gasteiger partial charge in [0.2, 0.25) is 0 Å². The summed E-state index contributed by atoms with van der Waals surface area (Å²) in [6.45, 7) is 8.63. The third-order valence-corrected chi connectivity index (χ3v) is 2.64. The Balaban J connectivity index is 4.07. The molecule has 0 aliphatic rings. The van der Waals surface area contributed by atoms with E-state index in [9.17, 15) is 4.79 Å². The molecule has 0 bridgehead atoms. The number of allylic oxidation sites excluding steroid dienone is 1. The SMILES string of the molecule is C=C(N)N(C/C=C\C(C)=O)COC[C@@H](CO)CCC. The molecule has 0 amide bonds. The normalized spacial score (nSPS) is 12.6. The first-order chi connectivity index (χ1) is 9.01. The third-order valence-electron chi connectivity index (χ3n) is 2.64. The molecule has 0 rings (SSSR count). The van der Waals surface area contributed by atoms with Crippen LogP contribution in [0.5, 0.6) is 0 Å². The Morgan fingerprint density at radius 1 is 1.58 bits per heavy atom. The number of rotatable bonds is 11. The van der Waals surface area contributed by atoms with Crippen molar-refractivity contribution in [3.8, 4) is 0 Å². The number of nitrogens with zero attached hydrogens (tertiary/aromatic N) is 1. The van der Waals surface area contributed by atoms with Gasteiger partial charge in [0.05, 0.1) is 12.4 Å². The quantitative estimate of drug-likeness (QED) is 0.436. The number of nitrogens with two attached hydrogens (primary N) is 1. The summed E-state index contributed by atoms with van der Waals surface area (Å²) >= 11 is 0. The Morgan fingerprint density at radius 2 is 2.26 bits per heavy atom. The van der Waals surface area contributed by atoms with Crippen molar-refractivity contribution in [2.45, 2.75) is 26.7 Å². The van der Waals surface area contributed by atoms with Crippen molar-refractivity contribution in [3.05, 3.63) is 24.6 Å². The van der Waals surface area contributed by atoms with Crippen LogP contribution in [0.15, 0.2) is 24.6 Å². The second-order valence-electron chi connectivity index (χ2n) is 4.56. The summed E-state index contributed by atoms with van der Waals surface area (Å²) in [5.41, 5.74) is 5.64. The molecule has 0 aromatic carbocycles. The number of ketones is 1. The van der Waals surface area contributed by atoms with E-state index in [4.69, 9.17) is 15.6 Å². The molecule has 0 aromatic rings. The maximum Gasteiger partial charge on any atom is 0.152 e. The fourth-order valence-electron chi connectivity index (χ4n) is 1.56. The van der Waals surface area contributed by atoms with E-state index in [-0.39, 0.29) is 18.3 Å². The second kappa shape index (κ2) is 10.6. The van der Waals surface area contributed by atoms with Crippen molar-refractivity contribution in [1.29, 1.82) is 0 Å². The molecule has 0 aromatic heterocycles. The third kappa shape index (κ3) is 9.27. The van der Waals surface area contributed by atoms with Gasteiger partial charge < -0.3 is 20.5 Å². The summed E-state index contributed by atoms with van der Waals surface area (Å²) in [6, 6.07) is 0. The molecule has 0 saturated heterocycles. The van der Waals surface area contributed by atoms with Crippen LogP contribution < -0.4 is 5.73 Å². The maximum atomic E-state index is 10.8. The number of aliphatic hydroxyl groups is 1. The van der Waals surface area contributed by atoms with Crippen LogP contribution in [0.4, 0.5) is 0 Å². The predicted molar refractivity (Wildman–Crippen MR) is 76.2 cm³/mol. The second-order valence-corrected chi connectivity index (χ2v) is 4.56. The number of aliphatic hydroxyl groups excluding tert-OH is 1. The van der Waals surface area contributed by atoms with Crippen LogP contribution in [-0.2, 0) is 9.53 Å². The molecule has 5 heteroatoms. The van der Waals surface area contributed by atoms with Crippen molar-refractivity contribution in [1.82, 2.24) is 4.90 Å². The van der Waals surface area contributed by atoms with Crippen LogP contribution in [0.2, 0.25) is 0 Å². The number of hydrogen-bond donors (Lipinski definition) is 2. The lowest BCUT2D eigenvalue weighted by Crippen LogP contribution is -2.31. The maximum absolute atomic E-state index is 10.8. The predicted octanol–water partition coefficient (Wildman–Crippen LogP) is 1.25. The summed E-state index contributed by atoms with van der Waals surface area (Å²) < 4.78 is 5.53. The van der Waals surface area contributed by atoms with Gasteiger partial charge in [0.1, 0.15) is 6.73 Å². The zero-order valence-electron chi connectivity index (χ0n) is 12.0. The van der Waals surface area contributed by atoms with E-state index in [0.29, 0.717) is 25.7 Å². The molecule has 0 aliphatic carbocycles. The minimum atomic E-state index is -0.00760. The summed E-state index contributed by atoms with van der Waals surface area (Å²) in [6.07, 6.45) is 5.16. The van der Waals surface area contributed by atoms with Crippen LogP contribution in [0.1, 0.15) is 26.7 Å². The summed E-state index contributed by atoms with van der Waals surface area (Å²) in [5, 5.41) is 9.15. The molecule has 19 heavy (non-hydrogen) atoms. The zero-order chi connectivity index (χ0) is 14.7. The molecule has 0 unspecified atom stereocenters. The van der Waals surface area contributed by atoms with Gasteiger partial charge >= 0.3 is 0 Å². The van der Waals surface area contributed by atoms with Gasteiger partial charge in [-0.1, -0.05) is 26.0 Å². The highest BCUT2D eigenvalue weighted by molar-refractivity contribution is 5.87. The van der Waals surface area contributed by atoms with Crippen molar-refractivity contribution >= 4 is 5.78 Å². The van der Waals surface area contributed by atoms with Gasteiger partial charge in [-0.3, -0.25) is 4.79 Å². The highest BCUT2D eigenvalue weighted by Crippen LogP contribution is 2.06. The zero-order valence-corrected chi connectivity index (χ0v) is 12.0. The van der Waals surface area contributed by atoms with E-state index in [0.717, 1.165) is 12.8 Å². The van der Waals surface area contributed by atoms with Crippen LogP contribution in [0, 0.1) is 5.92 Å². The first kappa shape index (κ1) is 17.7. The average molecular weight is 270 g/mol. The standard InChI is InChI=1S/C14H26N2O3/c1-4-6-14(9-17)10-19-11-16(13(3)15)8-5-7-12(2)18/h5,7,14,17H,3-4,6,8-11,15H2,1-2H3/b7-5-/t14-/m1/s1. The van der Waals surface area contributed by atoms with Crippen molar-refractivity contribution in [3.63, 3.8) is 0 Å². The Bertz CT molecular complexity index is 303. The Labute approximate surface area is 115 Å². The van der Waals surface area contributed by atoms with Gasteiger partial charge in [-0.25, -0.2) is 0 Å². The Kier molecular flexibility index (Phi) is 9.84. The van der Waals surface area contributed by atoms with Gasteiger partial charge in [0, 0.05) is 19.1 Å². The van der Waals surface area contributed by atoms with Gasteiger partial charge in [-0.05, 0) is 19.4 Å². The fourth-order valence-corrected chi connectivity index (χ4v) is 1.56. The monoisotopic (exact) mass is 270 g/mol. The number of ether oxygens (including phenoxy) is 1. The lowest BCUT2D eigenvalue weighted by Gasteiger charge is -2.23. The van der Waals surface area contributed by atoms with Crippen LogP contribution in [-0.4, -0.2) is 42.3 Å². The van der Waals surface area contributed by atoms with Crippen LogP contribution in [0.3, 0.4) is 0 Å². The fraction of sp³-hybridized carbons (Fsp3) is 0.643. The van der Waals surface area contributed by atoms with Gasteiger partial charge in [0.25, 0.3) is 0 Å². The van der Waals surface area contributed by atoms with Gasteiger partial charge in [-0.2, -0.15) is 0 Å². The number of carbonyl (C=O) groups is 1. The minimum Gasteiger partial charge on any atom is -0.396 e. The molecule has 1 atom stereocenters. The Morgan fingerprint density at radius 3 is 2.74 bits per heavy atom. The average Bonchev–Trinajstić information content (AvgIpc) is 2.35. The lowest BCUT2D eigenvalue weighted by molar-refractivity contribution is -0.112. The number of hydrogen-bond acceptors (Lipinski definition) is 5. The smallest absolute Gasteiger partial charge is 0.152 e. The summed E-state index contributed by atoms with van der Waals surface area (Å²) in [4.78, 5) is 12.5. The molecule has 0 heterocycles. The van der Waals surface area contributed by atoms with E-state index in [2.05, 4.69) is 13.5 Å². The molecular weight excluding hydrogens is 244 g/mol. The molecular formula is C14H26N2O3. The molecule has 0 spiro atoms. The lowest BCUT2D eigenvalue weighted by atomic mass is 10.1. The molecule has 0 fully saturated rings. The first-order valence-corrected chi connectivity index (χ1v) is 6.56. The molecule has 5 nitrogen and oxygen atoms in total. The summed E-state index contributed by atoms with van der Waals surface area (Å²) in [7, 11) is 0. The molecule has 0 radical (unpaired) electrons. The number of carbonyl (C=O) groups excluding carboxylic acids is 1. The molecule has 0 saturated carbocycles. The molecule has 110 valence electrons. The highest BCUT2D eigenvalue weighted by Gasteiger charge is 2.08. The molecule has 3 N–H and O–H groups in total. The van der Waals surface area contributed by atoms with E-state index in [1.807, 2.05) is 0 Å². The van der Waals surface area contributed by atoms with E-state index in [1.54, 1.807) is 11.0 Å². The van der Waals surface area contributed by atoms with Gasteiger partial charge in [0.15, 0.2) is 5.78 Å². The van der Waals surface area contributed by atoms with Crippen LogP contribution in [0.25, 0.3) is 0 Å². The minimum absolute atomic E-state index is 0.00760. The topological polar surface area (TPSA) is 75.8 Å². The Hall–Kier alpha value is -1.33. The van der Waals surface area contributed by atoms with E-state index < -0.39 is 0 Å². The van der Waals surface area contributed by atoms with E-state index >= 15 is 0 Å². The molecule has 0 aliphatic heterocycles. The van der Waals surface area contributed by atoms with Gasteiger partial charge in [-0.15, -0.1) is 0 Å². The van der Waals surface area contributed by atoms with Crippen LogP contribution >= 0.6 is 0 Å². The largest absolute Gasteiger partial charge is 0.396 e.